The van der Waals surface area contributed by atoms with Crippen molar-refractivity contribution in [2.45, 2.75) is 309 Å². The van der Waals surface area contributed by atoms with Gasteiger partial charge in [0.05, 0.1) is 0 Å². The lowest BCUT2D eigenvalue weighted by molar-refractivity contribution is -0.167. The number of unbranched alkanes of at least 4 members (excludes halogenated alkanes) is 28. The second kappa shape index (κ2) is 66.3. The van der Waals surface area contributed by atoms with Crippen molar-refractivity contribution in [3.8, 4) is 0 Å². The third kappa shape index (κ3) is 64.5. The molecule has 1 unspecified atom stereocenters. The summed E-state index contributed by atoms with van der Waals surface area (Å²) in [6.45, 7) is 6.47. The Hall–Kier alpha value is -4.19. The average molecular weight is 1100 g/mol. The van der Waals surface area contributed by atoms with E-state index in [1.807, 2.05) is 0 Å². The molecule has 0 N–H and O–H groups in total. The van der Waals surface area contributed by atoms with Crippen molar-refractivity contribution in [1.82, 2.24) is 0 Å². The molecule has 6 heteroatoms. The Kier molecular flexibility index (Phi) is 62.8. The Morgan fingerprint density at radius 3 is 0.797 bits per heavy atom. The highest BCUT2D eigenvalue weighted by molar-refractivity contribution is 5.71. The van der Waals surface area contributed by atoms with E-state index in [1.165, 1.54) is 141 Å². The van der Waals surface area contributed by atoms with Crippen LogP contribution in [0.15, 0.2) is 122 Å². The molecule has 0 aromatic heterocycles. The van der Waals surface area contributed by atoms with E-state index in [9.17, 15) is 14.4 Å². The zero-order valence-electron chi connectivity index (χ0n) is 51.6. The highest BCUT2D eigenvalue weighted by atomic mass is 16.6. The third-order valence-corrected chi connectivity index (χ3v) is 13.9. The van der Waals surface area contributed by atoms with Gasteiger partial charge in [-0.25, -0.2) is 0 Å². The maximum Gasteiger partial charge on any atom is 0.306 e. The molecule has 0 bridgehead atoms. The van der Waals surface area contributed by atoms with Gasteiger partial charge in [0.2, 0.25) is 0 Å². The van der Waals surface area contributed by atoms with E-state index in [-0.39, 0.29) is 31.1 Å². The molecular weight excluding hydrogens is 973 g/mol. The molecule has 0 fully saturated rings. The summed E-state index contributed by atoms with van der Waals surface area (Å²) in [6, 6.07) is 0. The second-order valence-electron chi connectivity index (χ2n) is 21.6. The fraction of sp³-hybridized carbons (Fsp3) is 0.685. The Morgan fingerprint density at radius 2 is 0.494 bits per heavy atom. The van der Waals surface area contributed by atoms with Crippen LogP contribution in [0.4, 0.5) is 0 Å². The lowest BCUT2D eigenvalue weighted by Gasteiger charge is -2.18. The molecule has 1 atom stereocenters. The first-order valence-electron chi connectivity index (χ1n) is 33.0. The number of esters is 3. The summed E-state index contributed by atoms with van der Waals surface area (Å²) < 4.78 is 16.9. The maximum atomic E-state index is 12.9. The van der Waals surface area contributed by atoms with Crippen LogP contribution >= 0.6 is 0 Å². The first kappa shape index (κ1) is 74.8. The zero-order valence-corrected chi connectivity index (χ0v) is 51.6. The number of hydrogen-bond acceptors (Lipinski definition) is 6. The number of carbonyl (C=O) groups is 3. The van der Waals surface area contributed by atoms with Crippen molar-refractivity contribution in [2.75, 3.05) is 13.2 Å². The van der Waals surface area contributed by atoms with Crippen LogP contribution in [0.2, 0.25) is 0 Å². The molecule has 0 spiro atoms. The quantitative estimate of drug-likeness (QED) is 0.0261. The van der Waals surface area contributed by atoms with Crippen LogP contribution in [0.5, 0.6) is 0 Å². The minimum absolute atomic E-state index is 0.101. The lowest BCUT2D eigenvalue weighted by atomic mass is 10.1. The summed E-state index contributed by atoms with van der Waals surface area (Å²) in [5, 5.41) is 0. The van der Waals surface area contributed by atoms with E-state index in [1.54, 1.807) is 0 Å². The number of ether oxygens (including phenoxy) is 3. The van der Waals surface area contributed by atoms with E-state index in [0.717, 1.165) is 122 Å². The predicted molar refractivity (Wildman–Crippen MR) is 343 cm³/mol. The molecule has 0 aromatic rings. The minimum Gasteiger partial charge on any atom is -0.462 e. The van der Waals surface area contributed by atoms with Gasteiger partial charge in [0.15, 0.2) is 6.10 Å². The molecule has 0 saturated heterocycles. The first-order valence-corrected chi connectivity index (χ1v) is 33.0. The highest BCUT2D eigenvalue weighted by Crippen LogP contribution is 2.15. The van der Waals surface area contributed by atoms with Gasteiger partial charge in [-0.05, 0) is 135 Å². The zero-order chi connectivity index (χ0) is 57.1. The summed E-state index contributed by atoms with van der Waals surface area (Å²) in [7, 11) is 0. The number of hydrogen-bond donors (Lipinski definition) is 0. The molecule has 0 aliphatic rings. The Bertz CT molecular complexity index is 1640. The van der Waals surface area contributed by atoms with Crippen molar-refractivity contribution >= 4 is 17.9 Å². The van der Waals surface area contributed by atoms with Crippen molar-refractivity contribution in [3.63, 3.8) is 0 Å². The third-order valence-electron chi connectivity index (χ3n) is 13.9. The molecule has 6 nitrogen and oxygen atoms in total. The van der Waals surface area contributed by atoms with E-state index in [0.29, 0.717) is 19.3 Å². The van der Waals surface area contributed by atoms with E-state index in [2.05, 4.69) is 142 Å². The number of rotatable bonds is 59. The van der Waals surface area contributed by atoms with Crippen molar-refractivity contribution in [1.29, 1.82) is 0 Å². The van der Waals surface area contributed by atoms with Crippen LogP contribution in [-0.2, 0) is 28.6 Å². The number of carbonyl (C=O) groups excluding carboxylic acids is 3. The molecule has 450 valence electrons. The van der Waals surface area contributed by atoms with Crippen LogP contribution in [0, 0.1) is 0 Å². The normalized spacial score (nSPS) is 12.9. The van der Waals surface area contributed by atoms with Gasteiger partial charge in [0.25, 0.3) is 0 Å². The molecule has 0 rings (SSSR count). The standard InChI is InChI=1S/C73H122O6/c1-4-7-10-13-16-19-22-25-28-30-32-34-35-36-37-39-40-42-45-48-51-54-57-60-63-66-72(75)78-69-70(68-77-71(74)65-62-59-56-53-50-47-44-27-24-21-18-15-12-9-6-3)79-73(76)67-64-61-58-55-52-49-46-43-41-38-33-31-29-26-23-20-17-14-11-8-5-2/h9,12,18,21-23,25-27,30-33,35-36,41,43-44,50,53,70H,4-8,10-11,13-17,19-20,24,28-29,34,37-40,42,45-49,51-52,54-69H2,1-3H3/b12-9-,21-18-,25-22-,26-23-,32-30-,33-31-,36-35-,43-41-,44-27-,53-50-. The smallest absolute Gasteiger partial charge is 0.306 e. The van der Waals surface area contributed by atoms with Gasteiger partial charge < -0.3 is 14.2 Å². The fourth-order valence-corrected chi connectivity index (χ4v) is 8.98. The van der Waals surface area contributed by atoms with Gasteiger partial charge in [-0.3, -0.25) is 14.4 Å². The van der Waals surface area contributed by atoms with Crippen molar-refractivity contribution in [3.05, 3.63) is 122 Å². The van der Waals surface area contributed by atoms with Gasteiger partial charge >= 0.3 is 17.9 Å². The van der Waals surface area contributed by atoms with Crippen LogP contribution < -0.4 is 0 Å². The van der Waals surface area contributed by atoms with Crippen LogP contribution in [-0.4, -0.2) is 37.2 Å². The van der Waals surface area contributed by atoms with Gasteiger partial charge in [0, 0.05) is 19.3 Å². The Labute approximate surface area is 488 Å². The molecule has 79 heavy (non-hydrogen) atoms. The molecule has 0 aliphatic heterocycles. The summed E-state index contributed by atoms with van der Waals surface area (Å²) in [5.41, 5.74) is 0. The van der Waals surface area contributed by atoms with E-state index < -0.39 is 6.10 Å². The largest absolute Gasteiger partial charge is 0.462 e. The van der Waals surface area contributed by atoms with Crippen molar-refractivity contribution < 1.29 is 28.6 Å². The van der Waals surface area contributed by atoms with Crippen LogP contribution in [0.1, 0.15) is 303 Å². The Morgan fingerprint density at radius 1 is 0.266 bits per heavy atom. The minimum atomic E-state index is -0.809. The molecule has 0 radical (unpaired) electrons. The topological polar surface area (TPSA) is 78.9 Å². The summed E-state index contributed by atoms with van der Waals surface area (Å²) in [4.78, 5) is 38.4. The monoisotopic (exact) mass is 1090 g/mol. The molecule has 0 heterocycles. The molecule has 0 aliphatic carbocycles. The summed E-state index contributed by atoms with van der Waals surface area (Å²) >= 11 is 0. The SMILES string of the molecule is CC/C=C\C/C=C\C/C=C\C/C=C\CCCCC(=O)OCC(COC(=O)CCCCCCCCCCCC/C=C\C/C=C\C/C=C\CCCCCCC)OC(=O)CCCCCCCC/C=C\C/C=C\C/C=C\CCCCCCC. The summed E-state index contributed by atoms with van der Waals surface area (Å²) in [5.74, 6) is -0.955. The van der Waals surface area contributed by atoms with Crippen molar-refractivity contribution in [2.24, 2.45) is 0 Å². The predicted octanol–water partition coefficient (Wildman–Crippen LogP) is 22.8. The van der Waals surface area contributed by atoms with E-state index in [4.69, 9.17) is 14.2 Å². The summed E-state index contributed by atoms with van der Waals surface area (Å²) in [6.07, 6.45) is 92.1. The Balaban J connectivity index is 4.43. The van der Waals surface area contributed by atoms with Crippen LogP contribution in [0.25, 0.3) is 0 Å². The average Bonchev–Trinajstić information content (AvgIpc) is 3.45. The first-order chi connectivity index (χ1) is 39.0. The van der Waals surface area contributed by atoms with Crippen LogP contribution in [0.3, 0.4) is 0 Å². The van der Waals surface area contributed by atoms with Gasteiger partial charge in [0.1, 0.15) is 13.2 Å². The molecule has 0 saturated carbocycles. The maximum absolute atomic E-state index is 12.9. The number of allylic oxidation sites excluding steroid dienone is 20. The van der Waals surface area contributed by atoms with E-state index >= 15 is 0 Å². The molecule has 0 aromatic carbocycles. The second-order valence-corrected chi connectivity index (χ2v) is 21.6. The molecular formula is C73H122O6. The lowest BCUT2D eigenvalue weighted by Crippen LogP contribution is -2.30. The van der Waals surface area contributed by atoms with Gasteiger partial charge in [-0.1, -0.05) is 271 Å². The highest BCUT2D eigenvalue weighted by Gasteiger charge is 2.19. The van der Waals surface area contributed by atoms with Gasteiger partial charge in [-0.2, -0.15) is 0 Å². The molecule has 0 amide bonds. The van der Waals surface area contributed by atoms with Gasteiger partial charge in [-0.15, -0.1) is 0 Å². The fourth-order valence-electron chi connectivity index (χ4n) is 8.98.